The first-order chi connectivity index (χ1) is 16.1. The van der Waals surface area contributed by atoms with Gasteiger partial charge in [-0.2, -0.15) is 5.10 Å². The summed E-state index contributed by atoms with van der Waals surface area (Å²) in [6, 6.07) is 6.92. The lowest BCUT2D eigenvalue weighted by atomic mass is 9.87. The third kappa shape index (κ3) is 5.13. The molecule has 0 radical (unpaired) electrons. The molecule has 1 aromatic heterocycles. The Kier molecular flexibility index (Phi) is 6.47. The molecule has 1 aliphatic heterocycles. The number of hydrogen-bond donors (Lipinski definition) is 2. The van der Waals surface area contributed by atoms with Gasteiger partial charge in [0.25, 0.3) is 5.91 Å². The number of carbonyl (C=O) groups excluding carboxylic acids is 2. The highest BCUT2D eigenvalue weighted by molar-refractivity contribution is 7.90. The molecule has 4 rings (SSSR count). The van der Waals surface area contributed by atoms with Crippen LogP contribution in [0.25, 0.3) is 4.85 Å². The van der Waals surface area contributed by atoms with Crippen molar-refractivity contribution < 1.29 is 18.0 Å². The average molecular weight is 485 g/mol. The summed E-state index contributed by atoms with van der Waals surface area (Å²) in [5, 5.41) is 7.22. The third-order valence-corrected chi connectivity index (χ3v) is 7.66. The average Bonchev–Trinajstić information content (AvgIpc) is 3.55. The molecule has 2 fully saturated rings. The van der Waals surface area contributed by atoms with Crippen LogP contribution in [0.5, 0.6) is 0 Å². The van der Waals surface area contributed by atoms with Gasteiger partial charge in [-0.1, -0.05) is 12.1 Å². The van der Waals surface area contributed by atoms with Crippen LogP contribution in [0.3, 0.4) is 0 Å². The lowest BCUT2D eigenvalue weighted by Gasteiger charge is -2.38. The first-order valence-corrected chi connectivity index (χ1v) is 13.1. The topological polar surface area (TPSA) is 132 Å². The van der Waals surface area contributed by atoms with E-state index in [1.54, 1.807) is 29.1 Å². The Morgan fingerprint density at radius 3 is 2.59 bits per heavy atom. The Morgan fingerprint density at radius 2 is 2.00 bits per heavy atom. The smallest absolute Gasteiger partial charge is 0.254 e. The third-order valence-electron chi connectivity index (χ3n) is 6.55. The van der Waals surface area contributed by atoms with Crippen molar-refractivity contribution >= 4 is 27.5 Å². The molecule has 0 atom stereocenters. The molecule has 1 saturated heterocycles. The quantitative estimate of drug-likeness (QED) is 0.548. The van der Waals surface area contributed by atoms with Crippen LogP contribution in [-0.4, -0.2) is 60.8 Å². The molecule has 0 bridgehead atoms. The highest BCUT2D eigenvalue weighted by atomic mass is 32.2. The minimum Gasteiger partial charge on any atom is -0.365 e. The lowest BCUT2D eigenvalue weighted by Crippen LogP contribution is -2.48. The number of nitrogens with zero attached hydrogens (tertiary/aromatic N) is 4. The van der Waals surface area contributed by atoms with Crippen molar-refractivity contribution in [2.24, 2.45) is 11.7 Å². The molecule has 10 nitrogen and oxygen atoms in total. The van der Waals surface area contributed by atoms with Gasteiger partial charge in [0.2, 0.25) is 12.5 Å². The van der Waals surface area contributed by atoms with Gasteiger partial charge in [0.1, 0.15) is 11.1 Å². The Labute approximate surface area is 198 Å². The summed E-state index contributed by atoms with van der Waals surface area (Å²) in [5.41, 5.74) is 5.95. The summed E-state index contributed by atoms with van der Waals surface area (Å²) in [7, 11) is -3.28. The minimum atomic E-state index is -3.28. The molecular weight excluding hydrogens is 456 g/mol. The van der Waals surface area contributed by atoms with Gasteiger partial charge in [0, 0.05) is 38.0 Å². The van der Waals surface area contributed by atoms with E-state index in [0.29, 0.717) is 37.4 Å². The molecule has 11 heteroatoms. The maximum Gasteiger partial charge on any atom is 0.254 e. The molecule has 2 amide bonds. The molecule has 0 spiro atoms. The van der Waals surface area contributed by atoms with E-state index in [1.165, 1.54) is 6.26 Å². The molecule has 0 unspecified atom stereocenters. The largest absolute Gasteiger partial charge is 0.365 e. The maximum absolute atomic E-state index is 12.2. The second kappa shape index (κ2) is 9.19. The van der Waals surface area contributed by atoms with Gasteiger partial charge in [0.15, 0.2) is 15.7 Å². The number of carbonyl (C=O) groups is 2. The van der Waals surface area contributed by atoms with Crippen LogP contribution in [0.2, 0.25) is 0 Å². The van der Waals surface area contributed by atoms with Gasteiger partial charge in [-0.15, -0.1) is 0 Å². The molecule has 1 aliphatic carbocycles. The van der Waals surface area contributed by atoms with Gasteiger partial charge in [-0.25, -0.2) is 15.0 Å². The number of nitrogens with one attached hydrogen (secondary N) is 1. The molecule has 2 aromatic rings. The van der Waals surface area contributed by atoms with E-state index in [2.05, 4.69) is 20.2 Å². The van der Waals surface area contributed by atoms with E-state index in [-0.39, 0.29) is 29.8 Å². The van der Waals surface area contributed by atoms with Crippen molar-refractivity contribution in [3.63, 3.8) is 0 Å². The first-order valence-electron chi connectivity index (χ1n) is 11.2. The fourth-order valence-electron chi connectivity index (χ4n) is 4.32. The van der Waals surface area contributed by atoms with Crippen LogP contribution >= 0.6 is 0 Å². The number of primary amides is 1. The van der Waals surface area contributed by atoms with Crippen molar-refractivity contribution in [1.82, 2.24) is 14.7 Å². The fraction of sp³-hybridized carbons (Fsp3) is 0.478. The van der Waals surface area contributed by atoms with E-state index in [4.69, 9.17) is 12.3 Å². The number of piperidine rings is 1. The zero-order valence-electron chi connectivity index (χ0n) is 19.0. The summed E-state index contributed by atoms with van der Waals surface area (Å²) in [4.78, 5) is 30.4. The molecule has 1 aromatic carbocycles. The van der Waals surface area contributed by atoms with Crippen LogP contribution in [0.1, 0.15) is 41.6 Å². The summed E-state index contributed by atoms with van der Waals surface area (Å²) in [6.07, 6.45) is 5.60. The monoisotopic (exact) mass is 484 g/mol. The van der Waals surface area contributed by atoms with Crippen LogP contribution in [0, 0.1) is 12.5 Å². The number of nitrogens with two attached hydrogens (primary N) is 1. The standard InChI is InChI=1S/C23H28N6O4S/c1-25-15-23(29-14-19(20(24)30)21(27-29)26-22(31)17-6-7-17)8-10-28(11-9-23)13-16-4-3-5-18(12-16)34(2,32)33/h3-5,12,14,17H,6-11,13,15H2,2H3,(H2,24,30)(H,26,27,31). The number of anilines is 1. The number of rotatable bonds is 8. The fourth-order valence-corrected chi connectivity index (χ4v) is 5.01. The molecule has 34 heavy (non-hydrogen) atoms. The van der Waals surface area contributed by atoms with Crippen LogP contribution in [0.15, 0.2) is 35.4 Å². The number of amides is 2. The Bertz CT molecular complexity index is 1250. The summed E-state index contributed by atoms with van der Waals surface area (Å²) in [6.45, 7) is 9.59. The second-order valence-electron chi connectivity index (χ2n) is 9.20. The minimum absolute atomic E-state index is 0.0486. The van der Waals surface area contributed by atoms with E-state index in [1.807, 2.05) is 6.07 Å². The van der Waals surface area contributed by atoms with Crippen molar-refractivity contribution in [3.8, 4) is 0 Å². The van der Waals surface area contributed by atoms with Gasteiger partial charge in [-0.05, 0) is 43.4 Å². The predicted octanol–water partition coefficient (Wildman–Crippen LogP) is 1.64. The molecule has 1 saturated carbocycles. The highest BCUT2D eigenvalue weighted by Gasteiger charge is 2.41. The Morgan fingerprint density at radius 1 is 1.29 bits per heavy atom. The lowest BCUT2D eigenvalue weighted by molar-refractivity contribution is -0.117. The number of hydrogen-bond acceptors (Lipinski definition) is 6. The summed E-state index contributed by atoms with van der Waals surface area (Å²) >= 11 is 0. The number of sulfone groups is 1. The molecule has 180 valence electrons. The summed E-state index contributed by atoms with van der Waals surface area (Å²) in [5.74, 6) is -0.752. The highest BCUT2D eigenvalue weighted by Crippen LogP contribution is 2.34. The number of likely N-dealkylation sites (tertiary alicyclic amines) is 1. The van der Waals surface area contributed by atoms with Crippen LogP contribution in [0.4, 0.5) is 5.82 Å². The maximum atomic E-state index is 12.2. The first kappa shape index (κ1) is 23.9. The van der Waals surface area contributed by atoms with Crippen LogP contribution < -0.4 is 11.1 Å². The predicted molar refractivity (Wildman–Crippen MR) is 126 cm³/mol. The van der Waals surface area contributed by atoms with Gasteiger partial charge < -0.3 is 15.9 Å². The van der Waals surface area contributed by atoms with E-state index in [0.717, 1.165) is 18.4 Å². The van der Waals surface area contributed by atoms with Gasteiger partial charge in [0.05, 0.1) is 4.90 Å². The van der Waals surface area contributed by atoms with Crippen molar-refractivity contribution in [3.05, 3.63) is 53.0 Å². The van der Waals surface area contributed by atoms with Crippen molar-refractivity contribution in [2.75, 3.05) is 31.2 Å². The Hall–Kier alpha value is -3.23. The molecule has 2 aliphatic rings. The molecular formula is C23H28N6O4S. The second-order valence-corrected chi connectivity index (χ2v) is 11.2. The van der Waals surface area contributed by atoms with Gasteiger partial charge >= 0.3 is 0 Å². The summed E-state index contributed by atoms with van der Waals surface area (Å²) < 4.78 is 25.4. The number of aromatic nitrogens is 2. The van der Waals surface area contributed by atoms with E-state index in [9.17, 15) is 18.0 Å². The van der Waals surface area contributed by atoms with Crippen LogP contribution in [-0.2, 0) is 26.7 Å². The van der Waals surface area contributed by atoms with E-state index >= 15 is 0 Å². The Balaban J connectivity index is 1.51. The molecule has 2 heterocycles. The normalized spacial score (nSPS) is 18.2. The zero-order chi connectivity index (χ0) is 24.5. The van der Waals surface area contributed by atoms with Crippen molar-refractivity contribution in [1.29, 1.82) is 0 Å². The van der Waals surface area contributed by atoms with E-state index < -0.39 is 21.3 Å². The van der Waals surface area contributed by atoms with Crippen molar-refractivity contribution in [2.45, 2.75) is 42.7 Å². The van der Waals surface area contributed by atoms with Gasteiger partial charge in [-0.3, -0.25) is 19.2 Å². The molecule has 3 N–H and O–H groups in total. The number of benzene rings is 1. The SMILES string of the molecule is [C-]#[N+]CC1(n2cc(C(N)=O)c(NC(=O)C3CC3)n2)CCN(Cc2cccc(S(C)(=O)=O)c2)CC1. The zero-order valence-corrected chi connectivity index (χ0v) is 19.8.